The second-order valence-corrected chi connectivity index (χ2v) is 7.94. The van der Waals surface area contributed by atoms with Crippen molar-refractivity contribution in [2.75, 3.05) is 20.6 Å². The highest BCUT2D eigenvalue weighted by Crippen LogP contribution is 2.22. The molecule has 0 aliphatic heterocycles. The summed E-state index contributed by atoms with van der Waals surface area (Å²) in [6.07, 6.45) is 0. The molecule has 0 aliphatic rings. The Hall–Kier alpha value is -2.49. The predicted octanol–water partition coefficient (Wildman–Crippen LogP) is 4.92. The fraction of sp³-hybridized carbons (Fsp3) is 0.364. The van der Waals surface area contributed by atoms with Gasteiger partial charge in [-0.1, -0.05) is 13.0 Å². The van der Waals surface area contributed by atoms with E-state index in [4.69, 9.17) is 17.3 Å². The van der Waals surface area contributed by atoms with Crippen molar-refractivity contribution >= 4 is 12.2 Å². The molecule has 0 saturated heterocycles. The third-order valence-electron chi connectivity index (χ3n) is 5.32. The summed E-state index contributed by atoms with van der Waals surface area (Å²) in [5.41, 5.74) is 0.709. The predicted molar refractivity (Wildman–Crippen MR) is 117 cm³/mol. The van der Waals surface area contributed by atoms with E-state index in [0.29, 0.717) is 22.8 Å². The van der Waals surface area contributed by atoms with Gasteiger partial charge in [-0.2, -0.15) is 5.10 Å². The Balaban J connectivity index is 1.99. The lowest BCUT2D eigenvalue weighted by atomic mass is 10.2. The standard InChI is InChI=1S/C22H26F3N5S/c1-5-28(13-18-19(24)7-6-8-20(18)25)14-29-22(31)30(17-11-9-16(23)10-12-17)21(26-29)15(2)27(3)4/h6-12,15H,5,13-14H2,1-4H3. The van der Waals surface area contributed by atoms with Gasteiger partial charge in [0.1, 0.15) is 17.5 Å². The lowest BCUT2D eigenvalue weighted by Crippen LogP contribution is -2.27. The summed E-state index contributed by atoms with van der Waals surface area (Å²) in [5, 5.41) is 4.71. The van der Waals surface area contributed by atoms with Gasteiger partial charge < -0.3 is 0 Å². The Kier molecular flexibility index (Phi) is 7.30. The van der Waals surface area contributed by atoms with E-state index in [-0.39, 0.29) is 30.6 Å². The van der Waals surface area contributed by atoms with Crippen LogP contribution in [0.2, 0.25) is 0 Å². The van der Waals surface area contributed by atoms with Crippen LogP contribution in [0.25, 0.3) is 5.69 Å². The van der Waals surface area contributed by atoms with Crippen molar-refractivity contribution < 1.29 is 13.2 Å². The first kappa shape index (κ1) is 23.2. The van der Waals surface area contributed by atoms with Crippen molar-refractivity contribution in [2.45, 2.75) is 33.1 Å². The molecule has 3 aromatic rings. The topological polar surface area (TPSA) is 29.2 Å². The van der Waals surface area contributed by atoms with E-state index in [1.165, 1.54) is 30.3 Å². The van der Waals surface area contributed by atoms with E-state index in [9.17, 15) is 13.2 Å². The highest BCUT2D eigenvalue weighted by Gasteiger charge is 2.21. The Morgan fingerprint density at radius 1 is 1.03 bits per heavy atom. The van der Waals surface area contributed by atoms with Crippen LogP contribution in [0.3, 0.4) is 0 Å². The van der Waals surface area contributed by atoms with Crippen LogP contribution in [-0.2, 0) is 13.2 Å². The molecule has 0 bridgehead atoms. The number of hydrogen-bond donors (Lipinski definition) is 0. The largest absolute Gasteiger partial charge is 0.300 e. The maximum absolute atomic E-state index is 14.1. The van der Waals surface area contributed by atoms with E-state index in [1.54, 1.807) is 21.4 Å². The van der Waals surface area contributed by atoms with Crippen molar-refractivity contribution in [3.63, 3.8) is 0 Å². The molecule has 31 heavy (non-hydrogen) atoms. The quantitative estimate of drug-likeness (QED) is 0.457. The molecule has 1 aromatic heterocycles. The summed E-state index contributed by atoms with van der Waals surface area (Å²) in [7, 11) is 3.86. The number of benzene rings is 2. The van der Waals surface area contributed by atoms with Crippen LogP contribution in [0.5, 0.6) is 0 Å². The zero-order valence-electron chi connectivity index (χ0n) is 18.0. The Labute approximate surface area is 185 Å². The van der Waals surface area contributed by atoms with Gasteiger partial charge in [0.05, 0.1) is 12.7 Å². The van der Waals surface area contributed by atoms with Crippen LogP contribution in [0, 0.1) is 22.2 Å². The van der Waals surface area contributed by atoms with Crippen LogP contribution < -0.4 is 0 Å². The first-order chi connectivity index (χ1) is 14.7. The fourth-order valence-corrected chi connectivity index (χ4v) is 3.51. The van der Waals surface area contributed by atoms with E-state index in [2.05, 4.69) is 0 Å². The van der Waals surface area contributed by atoms with Gasteiger partial charge in [-0.25, -0.2) is 17.9 Å². The van der Waals surface area contributed by atoms with Crippen LogP contribution in [0.1, 0.15) is 31.3 Å². The molecule has 1 unspecified atom stereocenters. The minimum absolute atomic E-state index is 0.00992. The lowest BCUT2D eigenvalue weighted by Gasteiger charge is -2.21. The molecule has 0 aliphatic carbocycles. The second-order valence-electron chi connectivity index (χ2n) is 7.58. The molecule has 0 spiro atoms. The highest BCUT2D eigenvalue weighted by atomic mass is 32.1. The number of nitrogens with zero attached hydrogens (tertiary/aromatic N) is 5. The normalized spacial score (nSPS) is 12.7. The van der Waals surface area contributed by atoms with E-state index >= 15 is 0 Å². The monoisotopic (exact) mass is 449 g/mol. The molecule has 0 N–H and O–H groups in total. The van der Waals surface area contributed by atoms with Gasteiger partial charge in [-0.15, -0.1) is 0 Å². The van der Waals surface area contributed by atoms with Gasteiger partial charge in [0.15, 0.2) is 5.82 Å². The molecular weight excluding hydrogens is 423 g/mol. The van der Waals surface area contributed by atoms with Crippen molar-refractivity contribution in [3.05, 3.63) is 76.1 Å². The summed E-state index contributed by atoms with van der Waals surface area (Å²) in [6.45, 7) is 4.77. The Morgan fingerprint density at radius 2 is 1.65 bits per heavy atom. The van der Waals surface area contributed by atoms with Gasteiger partial charge in [0.25, 0.3) is 0 Å². The van der Waals surface area contributed by atoms with E-state index in [1.807, 2.05) is 37.7 Å². The summed E-state index contributed by atoms with van der Waals surface area (Å²) in [5.74, 6) is -0.815. The maximum atomic E-state index is 14.1. The van der Waals surface area contributed by atoms with Gasteiger partial charge in [0, 0.05) is 17.8 Å². The molecule has 2 aromatic carbocycles. The molecule has 166 valence electrons. The third-order valence-corrected chi connectivity index (χ3v) is 5.72. The van der Waals surface area contributed by atoms with Gasteiger partial charge in [-0.3, -0.25) is 14.4 Å². The minimum Gasteiger partial charge on any atom is -0.300 e. The molecule has 5 nitrogen and oxygen atoms in total. The van der Waals surface area contributed by atoms with Gasteiger partial charge in [0.2, 0.25) is 4.77 Å². The van der Waals surface area contributed by atoms with E-state index < -0.39 is 11.6 Å². The van der Waals surface area contributed by atoms with Crippen LogP contribution in [0.4, 0.5) is 13.2 Å². The van der Waals surface area contributed by atoms with Crippen LogP contribution in [0.15, 0.2) is 42.5 Å². The van der Waals surface area contributed by atoms with Crippen molar-refractivity contribution in [2.24, 2.45) is 0 Å². The van der Waals surface area contributed by atoms with E-state index in [0.717, 1.165) is 0 Å². The minimum atomic E-state index is -0.583. The smallest absolute Gasteiger partial charge is 0.203 e. The number of aromatic nitrogens is 3. The summed E-state index contributed by atoms with van der Waals surface area (Å²) >= 11 is 5.69. The highest BCUT2D eigenvalue weighted by molar-refractivity contribution is 7.71. The average molecular weight is 450 g/mol. The zero-order chi connectivity index (χ0) is 22.7. The molecule has 0 fully saturated rings. The summed E-state index contributed by atoms with van der Waals surface area (Å²) in [6, 6.07) is 9.81. The SMILES string of the molecule is CCN(Cc1c(F)cccc1F)Cn1nc(C(C)N(C)C)n(-c2ccc(F)cc2)c1=S. The molecule has 0 radical (unpaired) electrons. The molecule has 1 heterocycles. The van der Waals surface area contributed by atoms with Crippen molar-refractivity contribution in [1.82, 2.24) is 24.1 Å². The second kappa shape index (κ2) is 9.76. The van der Waals surface area contributed by atoms with Crippen molar-refractivity contribution in [3.8, 4) is 5.69 Å². The Bertz CT molecular complexity index is 1070. The Morgan fingerprint density at radius 3 is 2.19 bits per heavy atom. The number of hydrogen-bond acceptors (Lipinski definition) is 4. The molecule has 9 heteroatoms. The summed E-state index contributed by atoms with van der Waals surface area (Å²) in [4.78, 5) is 3.84. The zero-order valence-corrected chi connectivity index (χ0v) is 18.8. The average Bonchev–Trinajstić information content (AvgIpc) is 3.05. The number of halogens is 3. The molecule has 0 saturated carbocycles. The first-order valence-electron chi connectivity index (χ1n) is 10.00. The summed E-state index contributed by atoms with van der Waals surface area (Å²) < 4.78 is 45.6. The maximum Gasteiger partial charge on any atom is 0.203 e. The van der Waals surface area contributed by atoms with Crippen molar-refractivity contribution in [1.29, 1.82) is 0 Å². The first-order valence-corrected chi connectivity index (χ1v) is 10.4. The number of rotatable bonds is 8. The lowest BCUT2D eigenvalue weighted by molar-refractivity contribution is 0.200. The fourth-order valence-electron chi connectivity index (χ4n) is 3.21. The molecule has 3 rings (SSSR count). The van der Waals surface area contributed by atoms with Gasteiger partial charge >= 0.3 is 0 Å². The van der Waals surface area contributed by atoms with Gasteiger partial charge in [-0.05, 0) is 76.2 Å². The third kappa shape index (κ3) is 5.06. The van der Waals surface area contributed by atoms with Crippen LogP contribution in [-0.4, -0.2) is 44.8 Å². The molecular formula is C22H26F3N5S. The molecule has 1 atom stereocenters. The molecule has 0 amide bonds. The van der Waals surface area contributed by atoms with Crippen LogP contribution >= 0.6 is 12.2 Å².